The molecule has 132 valence electrons. The van der Waals surface area contributed by atoms with Crippen molar-refractivity contribution >= 4 is 23.6 Å². The molecular formula is C19H22N2O3S. The van der Waals surface area contributed by atoms with Crippen LogP contribution in [0.25, 0.3) is 0 Å². The molecule has 0 aliphatic carbocycles. The zero-order chi connectivity index (χ0) is 18.6. The number of hydrogen-bond donors (Lipinski definition) is 1. The highest BCUT2D eigenvalue weighted by molar-refractivity contribution is 8.00. The van der Waals surface area contributed by atoms with Crippen molar-refractivity contribution in [2.75, 3.05) is 5.75 Å². The van der Waals surface area contributed by atoms with Crippen molar-refractivity contribution in [3.05, 3.63) is 57.8 Å². The van der Waals surface area contributed by atoms with Gasteiger partial charge in [-0.1, -0.05) is 36.0 Å². The van der Waals surface area contributed by atoms with Gasteiger partial charge in [0, 0.05) is 5.69 Å². The minimum absolute atomic E-state index is 0.0705. The molecule has 0 fully saturated rings. The number of carbonyl (C=O) groups is 2. The van der Waals surface area contributed by atoms with Gasteiger partial charge < -0.3 is 10.5 Å². The molecule has 0 radical (unpaired) electrons. The highest BCUT2D eigenvalue weighted by Crippen LogP contribution is 2.27. The van der Waals surface area contributed by atoms with Gasteiger partial charge in [-0.3, -0.25) is 9.59 Å². The van der Waals surface area contributed by atoms with Crippen molar-refractivity contribution in [3.8, 4) is 0 Å². The smallest absolute Gasteiger partial charge is 0.316 e. The Labute approximate surface area is 152 Å². The molecule has 0 saturated carbocycles. The van der Waals surface area contributed by atoms with Crippen molar-refractivity contribution < 1.29 is 14.3 Å². The summed E-state index contributed by atoms with van der Waals surface area (Å²) >= 11 is 1.17. The molecular weight excluding hydrogens is 336 g/mol. The third-order valence-electron chi connectivity index (χ3n) is 4.19. The van der Waals surface area contributed by atoms with E-state index in [1.54, 1.807) is 0 Å². The van der Waals surface area contributed by atoms with Crippen molar-refractivity contribution in [3.63, 3.8) is 0 Å². The predicted molar refractivity (Wildman–Crippen MR) is 98.7 cm³/mol. The molecule has 6 heteroatoms. The number of primary amides is 1. The van der Waals surface area contributed by atoms with Crippen LogP contribution in [0.1, 0.15) is 38.3 Å². The summed E-state index contributed by atoms with van der Waals surface area (Å²) in [5.41, 5.74) is 10.5. The van der Waals surface area contributed by atoms with E-state index in [1.807, 2.05) is 52.0 Å². The summed E-state index contributed by atoms with van der Waals surface area (Å²) in [6.45, 7) is 7.81. The summed E-state index contributed by atoms with van der Waals surface area (Å²) in [6.07, 6.45) is 0. The number of nitrogens with two attached hydrogens (primary N) is 1. The van der Waals surface area contributed by atoms with Gasteiger partial charge in [-0.05, 0) is 49.9 Å². The molecule has 0 spiro atoms. The molecule has 0 unspecified atom stereocenters. The topological polar surface area (TPSA) is 82.3 Å². The second kappa shape index (κ2) is 8.16. The zero-order valence-electron chi connectivity index (χ0n) is 14.9. The highest BCUT2D eigenvalue weighted by atomic mass is 32.2. The Balaban J connectivity index is 2.05. The van der Waals surface area contributed by atoms with E-state index >= 15 is 0 Å². The molecule has 0 saturated heterocycles. The quantitative estimate of drug-likeness (QED) is 0.633. The standard InChI is InChI=1S/C19H22N2O3S/c1-11-7-5-6-8-15(11)9-24-16(22)10-25-19-17(18(20)23)13(3)12(2)14(4)21-19/h5-8H,9-10H2,1-4H3,(H2,20,23). The fourth-order valence-electron chi connectivity index (χ4n) is 2.41. The number of aromatic nitrogens is 1. The number of rotatable bonds is 6. The van der Waals surface area contributed by atoms with Gasteiger partial charge in [0.15, 0.2) is 0 Å². The normalized spacial score (nSPS) is 10.6. The van der Waals surface area contributed by atoms with Crippen LogP contribution in [0.2, 0.25) is 0 Å². The summed E-state index contributed by atoms with van der Waals surface area (Å²) in [7, 11) is 0. The number of amides is 1. The third kappa shape index (κ3) is 4.60. The molecule has 1 amide bonds. The monoisotopic (exact) mass is 358 g/mol. The van der Waals surface area contributed by atoms with Crippen LogP contribution in [0, 0.1) is 27.7 Å². The highest BCUT2D eigenvalue weighted by Gasteiger charge is 2.18. The number of esters is 1. The minimum Gasteiger partial charge on any atom is -0.460 e. The molecule has 1 aromatic carbocycles. The number of benzene rings is 1. The van der Waals surface area contributed by atoms with Gasteiger partial charge in [-0.2, -0.15) is 0 Å². The molecule has 1 aromatic heterocycles. The molecule has 25 heavy (non-hydrogen) atoms. The predicted octanol–water partition coefficient (Wildman–Crippen LogP) is 3.25. The fraction of sp³-hybridized carbons (Fsp3) is 0.316. The molecule has 0 bridgehead atoms. The number of aryl methyl sites for hydroxylation is 2. The first-order chi connectivity index (χ1) is 11.8. The van der Waals surface area contributed by atoms with E-state index in [0.717, 1.165) is 27.9 Å². The molecule has 2 aromatic rings. The first kappa shape index (κ1) is 19.0. The van der Waals surface area contributed by atoms with E-state index in [1.165, 1.54) is 11.8 Å². The van der Waals surface area contributed by atoms with E-state index < -0.39 is 5.91 Å². The van der Waals surface area contributed by atoms with E-state index in [9.17, 15) is 9.59 Å². The summed E-state index contributed by atoms with van der Waals surface area (Å²) < 4.78 is 5.31. The van der Waals surface area contributed by atoms with Crippen molar-refractivity contribution in [1.82, 2.24) is 4.98 Å². The van der Waals surface area contributed by atoms with Crippen molar-refractivity contribution in [2.24, 2.45) is 5.73 Å². The van der Waals surface area contributed by atoms with Crippen LogP contribution in [0.5, 0.6) is 0 Å². The van der Waals surface area contributed by atoms with Gasteiger partial charge in [0.1, 0.15) is 11.6 Å². The molecule has 0 aliphatic heterocycles. The van der Waals surface area contributed by atoms with Gasteiger partial charge in [-0.25, -0.2) is 4.98 Å². The van der Waals surface area contributed by atoms with Crippen molar-refractivity contribution in [2.45, 2.75) is 39.3 Å². The average molecular weight is 358 g/mol. The lowest BCUT2D eigenvalue weighted by atomic mass is 10.0. The maximum Gasteiger partial charge on any atom is 0.316 e. The number of thioether (sulfide) groups is 1. The summed E-state index contributed by atoms with van der Waals surface area (Å²) in [5.74, 6) is -0.827. The number of ether oxygens (including phenoxy) is 1. The zero-order valence-corrected chi connectivity index (χ0v) is 15.7. The van der Waals surface area contributed by atoms with Crippen LogP contribution in [0.4, 0.5) is 0 Å². The Kier molecular flexibility index (Phi) is 6.20. The molecule has 0 atom stereocenters. The Morgan fingerprint density at radius 3 is 2.44 bits per heavy atom. The van der Waals surface area contributed by atoms with Gasteiger partial charge in [0.2, 0.25) is 0 Å². The average Bonchev–Trinajstić information content (AvgIpc) is 2.56. The first-order valence-corrected chi connectivity index (χ1v) is 8.90. The lowest BCUT2D eigenvalue weighted by molar-refractivity contribution is -0.141. The molecule has 2 N–H and O–H groups in total. The Hall–Kier alpha value is -2.34. The largest absolute Gasteiger partial charge is 0.460 e. The Morgan fingerprint density at radius 1 is 1.12 bits per heavy atom. The van der Waals surface area contributed by atoms with Crippen LogP contribution >= 0.6 is 11.8 Å². The maximum atomic E-state index is 12.0. The molecule has 2 rings (SSSR count). The van der Waals surface area contributed by atoms with Crippen LogP contribution < -0.4 is 5.73 Å². The number of nitrogens with zero attached hydrogens (tertiary/aromatic N) is 1. The SMILES string of the molecule is Cc1ccccc1COC(=O)CSc1nc(C)c(C)c(C)c1C(N)=O. The van der Waals surface area contributed by atoms with E-state index in [-0.39, 0.29) is 18.3 Å². The summed E-state index contributed by atoms with van der Waals surface area (Å²) in [5, 5.41) is 0.473. The maximum absolute atomic E-state index is 12.0. The van der Waals surface area contributed by atoms with Gasteiger partial charge in [-0.15, -0.1) is 0 Å². The van der Waals surface area contributed by atoms with Crippen LogP contribution in [-0.4, -0.2) is 22.6 Å². The summed E-state index contributed by atoms with van der Waals surface area (Å²) in [4.78, 5) is 28.2. The van der Waals surface area contributed by atoms with E-state index in [4.69, 9.17) is 10.5 Å². The fourth-order valence-corrected chi connectivity index (χ4v) is 3.34. The minimum atomic E-state index is -0.538. The van der Waals surface area contributed by atoms with E-state index in [0.29, 0.717) is 10.6 Å². The van der Waals surface area contributed by atoms with Crippen LogP contribution in [-0.2, 0) is 16.1 Å². The van der Waals surface area contributed by atoms with Crippen LogP contribution in [0.15, 0.2) is 29.3 Å². The van der Waals surface area contributed by atoms with Gasteiger partial charge >= 0.3 is 5.97 Å². The van der Waals surface area contributed by atoms with Crippen LogP contribution in [0.3, 0.4) is 0 Å². The number of pyridine rings is 1. The Bertz CT molecular complexity index is 819. The second-order valence-corrected chi connectivity index (χ2v) is 6.83. The van der Waals surface area contributed by atoms with Gasteiger partial charge in [0.25, 0.3) is 5.91 Å². The number of hydrogen-bond acceptors (Lipinski definition) is 5. The van der Waals surface area contributed by atoms with Crippen molar-refractivity contribution in [1.29, 1.82) is 0 Å². The number of carbonyl (C=O) groups excluding carboxylic acids is 2. The van der Waals surface area contributed by atoms with Gasteiger partial charge in [0.05, 0.1) is 11.3 Å². The molecule has 1 heterocycles. The lowest BCUT2D eigenvalue weighted by Crippen LogP contribution is -2.17. The van der Waals surface area contributed by atoms with E-state index in [2.05, 4.69) is 4.98 Å². The lowest BCUT2D eigenvalue weighted by Gasteiger charge is -2.13. The molecule has 0 aliphatic rings. The first-order valence-electron chi connectivity index (χ1n) is 7.91. The molecule has 5 nitrogen and oxygen atoms in total. The Morgan fingerprint density at radius 2 is 1.80 bits per heavy atom. The summed E-state index contributed by atoms with van der Waals surface area (Å²) in [6, 6.07) is 7.75. The second-order valence-electron chi connectivity index (χ2n) is 5.87. The third-order valence-corrected chi connectivity index (χ3v) is 5.14.